The maximum absolute atomic E-state index is 12.8. The number of fused-ring (bicyclic) bond motifs is 1. The summed E-state index contributed by atoms with van der Waals surface area (Å²) in [5.41, 5.74) is 2.39. The average Bonchev–Trinajstić information content (AvgIpc) is 2.67. The predicted octanol–water partition coefficient (Wildman–Crippen LogP) is 4.07. The van der Waals surface area contributed by atoms with Crippen molar-refractivity contribution >= 4 is 19.7 Å². The Balaban J connectivity index is 2.35. The Morgan fingerprint density at radius 1 is 1.03 bits per heavy atom. The smallest absolute Gasteiger partial charge is 0.410 e. The Kier molecular flexibility index (Phi) is 8.68. The fourth-order valence-corrected chi connectivity index (χ4v) is 5.09. The first-order chi connectivity index (χ1) is 13.9. The minimum absolute atomic E-state index is 0.146. The third kappa shape index (κ3) is 5.81. The minimum atomic E-state index is -3.24. The van der Waals surface area contributed by atoms with Crippen LogP contribution in [0.2, 0.25) is 0 Å². The van der Waals surface area contributed by atoms with Gasteiger partial charge in [-0.15, -0.1) is 0 Å². The fourth-order valence-electron chi connectivity index (χ4n) is 3.40. The summed E-state index contributed by atoms with van der Waals surface area (Å²) in [5, 5.41) is 0. The summed E-state index contributed by atoms with van der Waals surface area (Å²) in [4.78, 5) is 26.4. The molecular formula is C20H30NO7P. The van der Waals surface area contributed by atoms with Crippen molar-refractivity contribution < 1.29 is 32.7 Å². The van der Waals surface area contributed by atoms with Crippen molar-refractivity contribution in [2.24, 2.45) is 0 Å². The van der Waals surface area contributed by atoms with Gasteiger partial charge in [0.1, 0.15) is 0 Å². The minimum Gasteiger partial charge on any atom is -0.464 e. The molecule has 0 fully saturated rings. The van der Waals surface area contributed by atoms with Gasteiger partial charge in [-0.05, 0) is 50.8 Å². The molecule has 1 aromatic carbocycles. The molecule has 1 unspecified atom stereocenters. The Hall–Kier alpha value is -1.89. The van der Waals surface area contributed by atoms with Gasteiger partial charge >= 0.3 is 19.7 Å². The van der Waals surface area contributed by atoms with E-state index in [-0.39, 0.29) is 19.4 Å². The quantitative estimate of drug-likeness (QED) is 0.433. The van der Waals surface area contributed by atoms with Crippen LogP contribution in [0.25, 0.3) is 0 Å². The van der Waals surface area contributed by atoms with E-state index in [0.29, 0.717) is 31.7 Å². The second-order valence-corrected chi connectivity index (χ2v) is 8.49. The molecule has 0 aliphatic carbocycles. The highest BCUT2D eigenvalue weighted by Crippen LogP contribution is 2.51. The summed E-state index contributed by atoms with van der Waals surface area (Å²) in [5.74, 6) is -0.497. The molecule has 0 spiro atoms. The number of amides is 1. The van der Waals surface area contributed by atoms with E-state index in [2.05, 4.69) is 0 Å². The lowest BCUT2D eigenvalue weighted by Crippen LogP contribution is -2.44. The first-order valence-electron chi connectivity index (χ1n) is 9.98. The Bertz CT molecular complexity index is 757. The molecule has 0 radical (unpaired) electrons. The largest absolute Gasteiger partial charge is 0.464 e. The highest BCUT2D eigenvalue weighted by atomic mass is 31.2. The molecule has 1 atom stereocenters. The molecule has 8 nitrogen and oxygen atoms in total. The molecular weight excluding hydrogens is 397 g/mol. The van der Waals surface area contributed by atoms with E-state index in [4.69, 9.17) is 18.5 Å². The van der Waals surface area contributed by atoms with Gasteiger partial charge in [0.2, 0.25) is 0 Å². The van der Waals surface area contributed by atoms with Gasteiger partial charge in [-0.1, -0.05) is 18.2 Å². The summed E-state index contributed by atoms with van der Waals surface area (Å²) in [6.07, 6.45) is 0.150. The molecule has 0 N–H and O–H groups in total. The fraction of sp³-hybridized carbons (Fsp3) is 0.600. The molecule has 29 heavy (non-hydrogen) atoms. The Morgan fingerprint density at radius 3 is 2.28 bits per heavy atom. The second-order valence-electron chi connectivity index (χ2n) is 6.43. The third-order valence-corrected chi connectivity index (χ3v) is 6.53. The van der Waals surface area contributed by atoms with E-state index in [0.717, 1.165) is 11.1 Å². The zero-order valence-corrected chi connectivity index (χ0v) is 18.4. The number of ether oxygens (including phenoxy) is 2. The molecule has 0 aromatic heterocycles. The van der Waals surface area contributed by atoms with Crippen LogP contribution in [0.3, 0.4) is 0 Å². The lowest BCUT2D eigenvalue weighted by Gasteiger charge is -2.35. The molecule has 0 saturated carbocycles. The van der Waals surface area contributed by atoms with Gasteiger partial charge in [0.25, 0.3) is 0 Å². The van der Waals surface area contributed by atoms with Gasteiger partial charge in [0.15, 0.2) is 6.04 Å². The summed E-state index contributed by atoms with van der Waals surface area (Å²) in [7, 11) is -3.24. The molecule has 0 bridgehead atoms. The molecule has 9 heteroatoms. The van der Waals surface area contributed by atoms with E-state index in [1.54, 1.807) is 39.8 Å². The maximum Gasteiger partial charge on any atom is 0.410 e. The maximum atomic E-state index is 12.8. The monoisotopic (exact) mass is 427 g/mol. The van der Waals surface area contributed by atoms with Crippen LogP contribution in [-0.2, 0) is 40.5 Å². The van der Waals surface area contributed by atoms with Crippen LogP contribution in [0.1, 0.15) is 50.4 Å². The van der Waals surface area contributed by atoms with Gasteiger partial charge in [-0.2, -0.15) is 0 Å². The summed E-state index contributed by atoms with van der Waals surface area (Å²) < 4.78 is 33.9. The summed E-state index contributed by atoms with van der Waals surface area (Å²) in [6, 6.07) is 4.59. The highest BCUT2D eigenvalue weighted by Gasteiger charge is 2.38. The van der Waals surface area contributed by atoms with E-state index in [1.165, 1.54) is 4.90 Å². The Morgan fingerprint density at radius 2 is 1.69 bits per heavy atom. The van der Waals surface area contributed by atoms with E-state index < -0.39 is 25.7 Å². The van der Waals surface area contributed by atoms with Crippen molar-refractivity contribution in [3.05, 3.63) is 34.9 Å². The molecule has 1 heterocycles. The van der Waals surface area contributed by atoms with Gasteiger partial charge < -0.3 is 18.5 Å². The van der Waals surface area contributed by atoms with Crippen molar-refractivity contribution in [1.82, 2.24) is 4.90 Å². The van der Waals surface area contributed by atoms with E-state index in [9.17, 15) is 14.2 Å². The van der Waals surface area contributed by atoms with Gasteiger partial charge in [0, 0.05) is 6.54 Å². The normalized spacial score (nSPS) is 16.3. The molecule has 0 saturated heterocycles. The average molecular weight is 427 g/mol. The molecule has 2 rings (SSSR count). The van der Waals surface area contributed by atoms with Crippen LogP contribution in [-0.4, -0.2) is 49.9 Å². The van der Waals surface area contributed by atoms with Crippen LogP contribution in [0.4, 0.5) is 4.79 Å². The zero-order valence-electron chi connectivity index (χ0n) is 17.5. The van der Waals surface area contributed by atoms with Gasteiger partial charge in [-0.3, -0.25) is 9.46 Å². The van der Waals surface area contributed by atoms with Crippen LogP contribution in [0.5, 0.6) is 0 Å². The SMILES string of the molecule is CCOC(=O)C1c2ccc(CP(=O)(OCC)OCC)cc2CCN1C(=O)OCC. The molecule has 1 aromatic rings. The molecule has 1 aliphatic heterocycles. The van der Waals surface area contributed by atoms with Crippen LogP contribution in [0, 0.1) is 0 Å². The van der Waals surface area contributed by atoms with Crippen LogP contribution < -0.4 is 0 Å². The topological polar surface area (TPSA) is 91.4 Å². The second kappa shape index (κ2) is 10.8. The lowest BCUT2D eigenvalue weighted by molar-refractivity contribution is -0.149. The van der Waals surface area contributed by atoms with Crippen molar-refractivity contribution in [2.75, 3.05) is 33.0 Å². The van der Waals surface area contributed by atoms with Crippen molar-refractivity contribution in [2.45, 2.75) is 46.3 Å². The van der Waals surface area contributed by atoms with E-state index >= 15 is 0 Å². The predicted molar refractivity (Wildman–Crippen MR) is 108 cm³/mol. The number of nitrogens with zero attached hydrogens (tertiary/aromatic N) is 1. The van der Waals surface area contributed by atoms with Crippen molar-refractivity contribution in [1.29, 1.82) is 0 Å². The number of rotatable bonds is 9. The summed E-state index contributed by atoms with van der Waals surface area (Å²) >= 11 is 0. The van der Waals surface area contributed by atoms with Crippen LogP contribution in [0.15, 0.2) is 18.2 Å². The number of carbonyl (C=O) groups is 2. The van der Waals surface area contributed by atoms with Gasteiger partial charge in [0.05, 0.1) is 32.6 Å². The molecule has 1 amide bonds. The third-order valence-electron chi connectivity index (χ3n) is 4.48. The number of hydrogen-bond donors (Lipinski definition) is 0. The van der Waals surface area contributed by atoms with Crippen molar-refractivity contribution in [3.63, 3.8) is 0 Å². The zero-order chi connectivity index (χ0) is 21.4. The molecule has 162 valence electrons. The number of esters is 1. The Labute approximate surface area is 172 Å². The molecule has 1 aliphatic rings. The number of benzene rings is 1. The van der Waals surface area contributed by atoms with Crippen molar-refractivity contribution in [3.8, 4) is 0 Å². The number of hydrogen-bond acceptors (Lipinski definition) is 7. The standard InChI is InChI=1S/C20H30NO7P/c1-5-25-19(22)18-17-10-9-15(14-29(24,27-7-3)28-8-4)13-16(17)11-12-21(18)20(23)26-6-2/h9-10,13,18H,5-8,11-12,14H2,1-4H3. The summed E-state index contributed by atoms with van der Waals surface area (Å²) in [6.45, 7) is 8.33. The highest BCUT2D eigenvalue weighted by molar-refractivity contribution is 7.53. The first kappa shape index (κ1) is 23.4. The first-order valence-corrected chi connectivity index (χ1v) is 11.7. The lowest BCUT2D eigenvalue weighted by atomic mass is 9.91. The van der Waals surface area contributed by atoms with E-state index in [1.807, 2.05) is 6.07 Å². The van der Waals surface area contributed by atoms with Gasteiger partial charge in [-0.25, -0.2) is 9.59 Å². The number of carbonyl (C=O) groups excluding carboxylic acids is 2. The van der Waals surface area contributed by atoms with Crippen LogP contribution >= 0.6 is 7.60 Å².